The Morgan fingerprint density at radius 2 is 1.72 bits per heavy atom. The third-order valence-corrected chi connectivity index (χ3v) is 5.96. The van der Waals surface area contributed by atoms with Crippen LogP contribution in [0.3, 0.4) is 0 Å². The predicted octanol–water partition coefficient (Wildman–Crippen LogP) is 3.22. The van der Waals surface area contributed by atoms with E-state index in [1.165, 1.54) is 16.7 Å². The molecule has 0 N–H and O–H groups in total. The maximum Gasteiger partial charge on any atom is 0.223 e. The lowest BCUT2D eigenvalue weighted by Gasteiger charge is -2.38. The average molecular weight is 338 g/mol. The minimum Gasteiger partial charge on any atom is -0.337 e. The fourth-order valence-electron chi connectivity index (χ4n) is 4.50. The molecule has 2 fully saturated rings. The fraction of sp³-hybridized carbons (Fsp3) is 0.550. The number of carbonyl (C=O) groups excluding carboxylic acids is 1. The summed E-state index contributed by atoms with van der Waals surface area (Å²) in [7, 11) is 0. The van der Waals surface area contributed by atoms with E-state index in [-0.39, 0.29) is 0 Å². The quantitative estimate of drug-likeness (QED) is 0.860. The van der Waals surface area contributed by atoms with E-state index in [2.05, 4.69) is 47.1 Å². The number of nitrogens with zero attached hydrogens (tertiary/aromatic N) is 4. The summed E-state index contributed by atoms with van der Waals surface area (Å²) < 4.78 is 0. The first-order chi connectivity index (χ1) is 12.1. The number of hydrogen-bond donors (Lipinski definition) is 0. The smallest absolute Gasteiger partial charge is 0.223 e. The molecule has 0 saturated carbocycles. The molecule has 2 saturated heterocycles. The van der Waals surface area contributed by atoms with Gasteiger partial charge in [0.15, 0.2) is 0 Å². The molecule has 2 aliphatic rings. The summed E-state index contributed by atoms with van der Waals surface area (Å²) in [5.41, 5.74) is 3.87. The van der Waals surface area contributed by atoms with Crippen LogP contribution in [-0.4, -0.2) is 37.9 Å². The second kappa shape index (κ2) is 6.62. The lowest BCUT2D eigenvalue weighted by molar-refractivity contribution is -0.136. The van der Waals surface area contributed by atoms with Gasteiger partial charge in [-0.15, -0.1) is 0 Å². The molecule has 1 aromatic heterocycles. The van der Waals surface area contributed by atoms with Crippen molar-refractivity contribution in [3.8, 4) is 0 Å². The Kier molecular flexibility index (Phi) is 4.32. The van der Waals surface area contributed by atoms with Gasteiger partial charge in [0.2, 0.25) is 5.91 Å². The maximum atomic E-state index is 12.9. The highest BCUT2D eigenvalue weighted by molar-refractivity contribution is 5.77. The van der Waals surface area contributed by atoms with Crippen molar-refractivity contribution >= 4 is 5.91 Å². The second-order valence-electron chi connectivity index (χ2n) is 7.58. The Balaban J connectivity index is 1.39. The highest BCUT2D eigenvalue weighted by Crippen LogP contribution is 2.40. The van der Waals surface area contributed by atoms with Gasteiger partial charge in [0, 0.05) is 18.5 Å². The normalized spacial score (nSPS) is 25.4. The van der Waals surface area contributed by atoms with Gasteiger partial charge in [0.05, 0.1) is 18.4 Å². The van der Waals surface area contributed by atoms with E-state index in [4.69, 9.17) is 0 Å². The zero-order chi connectivity index (χ0) is 17.4. The fourth-order valence-corrected chi connectivity index (χ4v) is 4.50. The molecule has 2 unspecified atom stereocenters. The van der Waals surface area contributed by atoms with Gasteiger partial charge in [-0.3, -0.25) is 4.79 Å². The van der Waals surface area contributed by atoms with Crippen molar-refractivity contribution in [3.05, 3.63) is 47.3 Å². The lowest BCUT2D eigenvalue weighted by Crippen LogP contribution is -2.47. The third kappa shape index (κ3) is 3.20. The van der Waals surface area contributed by atoms with E-state index < -0.39 is 0 Å². The number of aryl methyl sites for hydroxylation is 3. The zero-order valence-electron chi connectivity index (χ0n) is 15.1. The summed E-state index contributed by atoms with van der Waals surface area (Å²) in [6, 6.07) is 7.59. The monoisotopic (exact) mass is 338 g/mol. The molecular formula is C20H26N4O. The molecule has 0 radical (unpaired) electrons. The summed E-state index contributed by atoms with van der Waals surface area (Å²) >= 11 is 0. The molecule has 132 valence electrons. The number of hydrogen-bond acceptors (Lipinski definition) is 3. The average Bonchev–Trinajstić information content (AvgIpc) is 3.22. The second-order valence-corrected chi connectivity index (χ2v) is 7.58. The van der Waals surface area contributed by atoms with Gasteiger partial charge in [-0.25, -0.2) is 0 Å². The number of fused-ring (bicyclic) bond motifs is 2. The SMILES string of the molecule is Cc1ccc(CCC(=O)N2C3CCC2CC(n2nccn2)C3)cc1C. The van der Waals surface area contributed by atoms with Gasteiger partial charge >= 0.3 is 0 Å². The van der Waals surface area contributed by atoms with E-state index in [0.717, 1.165) is 32.1 Å². The molecule has 1 aromatic carbocycles. The highest BCUT2D eigenvalue weighted by atomic mass is 16.2. The van der Waals surface area contributed by atoms with Gasteiger partial charge in [0.25, 0.3) is 0 Å². The van der Waals surface area contributed by atoms with Crippen LogP contribution >= 0.6 is 0 Å². The first-order valence-electron chi connectivity index (χ1n) is 9.35. The molecule has 2 aromatic rings. The summed E-state index contributed by atoms with van der Waals surface area (Å²) in [6.07, 6.45) is 9.14. The van der Waals surface area contributed by atoms with Crippen molar-refractivity contribution in [3.63, 3.8) is 0 Å². The first kappa shape index (κ1) is 16.3. The molecule has 5 heteroatoms. The van der Waals surface area contributed by atoms with Crippen LogP contribution in [0.2, 0.25) is 0 Å². The Bertz CT molecular complexity index is 741. The summed E-state index contributed by atoms with van der Waals surface area (Å²) in [5.74, 6) is 0.317. The van der Waals surface area contributed by atoms with E-state index >= 15 is 0 Å². The van der Waals surface area contributed by atoms with Gasteiger partial charge in [-0.2, -0.15) is 15.0 Å². The van der Waals surface area contributed by atoms with Crippen LogP contribution in [0.4, 0.5) is 0 Å². The van der Waals surface area contributed by atoms with E-state index in [1.54, 1.807) is 12.4 Å². The molecule has 1 amide bonds. The van der Waals surface area contributed by atoms with Crippen molar-refractivity contribution in [2.24, 2.45) is 0 Å². The van der Waals surface area contributed by atoms with Crippen LogP contribution in [0, 0.1) is 13.8 Å². The molecular weight excluding hydrogens is 312 g/mol. The minimum absolute atomic E-state index is 0.317. The van der Waals surface area contributed by atoms with Crippen molar-refractivity contribution in [2.75, 3.05) is 0 Å². The van der Waals surface area contributed by atoms with E-state index in [9.17, 15) is 4.79 Å². The van der Waals surface area contributed by atoms with E-state index in [0.29, 0.717) is 30.5 Å². The molecule has 0 aliphatic carbocycles. The molecule has 25 heavy (non-hydrogen) atoms. The topological polar surface area (TPSA) is 51.0 Å². The Morgan fingerprint density at radius 3 is 2.36 bits per heavy atom. The Labute approximate surface area is 149 Å². The van der Waals surface area contributed by atoms with Crippen LogP contribution in [-0.2, 0) is 11.2 Å². The van der Waals surface area contributed by atoms with Gasteiger partial charge in [0.1, 0.15) is 0 Å². The summed E-state index contributed by atoms with van der Waals surface area (Å²) in [5, 5.41) is 8.60. The lowest BCUT2D eigenvalue weighted by atomic mass is 9.96. The number of benzene rings is 1. The van der Waals surface area contributed by atoms with Crippen molar-refractivity contribution < 1.29 is 4.79 Å². The number of rotatable bonds is 4. The molecule has 2 bridgehead atoms. The standard InChI is InChI=1S/C20H26N4O/c1-14-3-4-16(11-15(14)2)5-8-20(25)23-17-6-7-18(23)13-19(12-17)24-21-9-10-22-24/h3-4,9-11,17-19H,5-8,12-13H2,1-2H3. The number of carbonyl (C=O) groups is 1. The van der Waals surface area contributed by atoms with Crippen LogP contribution in [0.25, 0.3) is 0 Å². The molecule has 2 aliphatic heterocycles. The molecule has 3 heterocycles. The Morgan fingerprint density at radius 1 is 1.04 bits per heavy atom. The zero-order valence-corrected chi connectivity index (χ0v) is 15.1. The number of aromatic nitrogens is 3. The van der Waals surface area contributed by atoms with Crippen LogP contribution < -0.4 is 0 Å². The predicted molar refractivity (Wildman–Crippen MR) is 96.2 cm³/mol. The van der Waals surface area contributed by atoms with Gasteiger partial charge in [-0.1, -0.05) is 18.2 Å². The molecule has 2 atom stereocenters. The first-order valence-corrected chi connectivity index (χ1v) is 9.35. The van der Waals surface area contributed by atoms with Crippen LogP contribution in [0.15, 0.2) is 30.6 Å². The largest absolute Gasteiger partial charge is 0.337 e. The summed E-state index contributed by atoms with van der Waals surface area (Å²) in [4.78, 5) is 16.9. The molecule has 0 spiro atoms. The maximum absolute atomic E-state index is 12.9. The van der Waals surface area contributed by atoms with Crippen molar-refractivity contribution in [2.45, 2.75) is 70.5 Å². The van der Waals surface area contributed by atoms with Crippen molar-refractivity contribution in [1.82, 2.24) is 19.9 Å². The van der Waals surface area contributed by atoms with E-state index in [1.807, 2.05) is 4.80 Å². The highest BCUT2D eigenvalue weighted by Gasteiger charge is 2.43. The number of amides is 1. The Hall–Kier alpha value is -2.17. The third-order valence-electron chi connectivity index (χ3n) is 5.96. The van der Waals surface area contributed by atoms with Crippen LogP contribution in [0.5, 0.6) is 0 Å². The number of piperidine rings is 1. The van der Waals surface area contributed by atoms with Gasteiger partial charge in [-0.05, 0) is 62.6 Å². The minimum atomic E-state index is 0.317. The molecule has 5 nitrogen and oxygen atoms in total. The van der Waals surface area contributed by atoms with Crippen LogP contribution in [0.1, 0.15) is 54.8 Å². The molecule has 4 rings (SSSR count). The van der Waals surface area contributed by atoms with Gasteiger partial charge < -0.3 is 4.90 Å². The summed E-state index contributed by atoms with van der Waals surface area (Å²) in [6.45, 7) is 4.26. The van der Waals surface area contributed by atoms with Crippen molar-refractivity contribution in [1.29, 1.82) is 0 Å².